The van der Waals surface area contributed by atoms with Gasteiger partial charge in [-0.15, -0.1) is 11.8 Å². The average molecular weight is 455 g/mol. The summed E-state index contributed by atoms with van der Waals surface area (Å²) in [6.45, 7) is 3.83. The molecular formula is C23H26N4O4S. The van der Waals surface area contributed by atoms with E-state index >= 15 is 0 Å². The van der Waals surface area contributed by atoms with Crippen LogP contribution in [0.3, 0.4) is 0 Å². The van der Waals surface area contributed by atoms with Crippen molar-refractivity contribution in [1.82, 2.24) is 9.80 Å². The van der Waals surface area contributed by atoms with Crippen molar-refractivity contribution >= 4 is 35.1 Å². The summed E-state index contributed by atoms with van der Waals surface area (Å²) in [5.41, 5.74) is 2.36. The molecule has 0 unspecified atom stereocenters. The van der Waals surface area contributed by atoms with Gasteiger partial charge < -0.3 is 15.1 Å². The lowest BCUT2D eigenvalue weighted by molar-refractivity contribution is -0.384. The predicted octanol–water partition coefficient (Wildman–Crippen LogP) is 4.37. The number of nitrogens with one attached hydrogen (secondary N) is 1. The molecule has 9 heteroatoms. The first-order valence-corrected chi connectivity index (χ1v) is 11.8. The number of carbonyl (C=O) groups excluding carboxylic acids is 2. The number of urea groups is 1. The minimum atomic E-state index is -0.471. The fraction of sp³-hybridized carbons (Fsp3) is 0.391. The van der Waals surface area contributed by atoms with Gasteiger partial charge in [0, 0.05) is 48.8 Å². The molecule has 2 aromatic rings. The fourth-order valence-electron chi connectivity index (χ4n) is 4.40. The van der Waals surface area contributed by atoms with Gasteiger partial charge in [0.25, 0.3) is 11.6 Å². The summed E-state index contributed by atoms with van der Waals surface area (Å²) in [5, 5.41) is 13.9. The molecule has 0 radical (unpaired) electrons. The Labute approximate surface area is 191 Å². The molecule has 4 rings (SSSR count). The van der Waals surface area contributed by atoms with Gasteiger partial charge in [0.05, 0.1) is 9.79 Å². The molecule has 168 valence electrons. The normalized spacial score (nSPS) is 17.4. The topological polar surface area (TPSA) is 95.8 Å². The number of amides is 3. The molecule has 2 fully saturated rings. The van der Waals surface area contributed by atoms with Gasteiger partial charge in [-0.1, -0.05) is 25.1 Å². The van der Waals surface area contributed by atoms with E-state index in [1.54, 1.807) is 11.8 Å². The maximum atomic E-state index is 13.2. The van der Waals surface area contributed by atoms with Crippen molar-refractivity contribution in [1.29, 1.82) is 0 Å². The van der Waals surface area contributed by atoms with Crippen molar-refractivity contribution in [2.75, 3.05) is 30.7 Å². The molecule has 0 atom stereocenters. The molecule has 2 aliphatic heterocycles. The number of nitrogens with zero attached hydrogens (tertiary/aromatic N) is 3. The van der Waals surface area contributed by atoms with Gasteiger partial charge in [-0.2, -0.15) is 0 Å². The highest BCUT2D eigenvalue weighted by atomic mass is 32.2. The van der Waals surface area contributed by atoms with E-state index in [1.165, 1.54) is 24.3 Å². The Bertz CT molecular complexity index is 1020. The number of aryl methyl sites for hydroxylation is 1. The molecule has 32 heavy (non-hydrogen) atoms. The van der Waals surface area contributed by atoms with Crippen LogP contribution < -0.4 is 5.32 Å². The van der Waals surface area contributed by atoms with Gasteiger partial charge in [-0.05, 0) is 43.0 Å². The summed E-state index contributed by atoms with van der Waals surface area (Å²) in [7, 11) is 0. The van der Waals surface area contributed by atoms with E-state index in [4.69, 9.17) is 0 Å². The van der Waals surface area contributed by atoms with Crippen molar-refractivity contribution in [3.8, 4) is 0 Å². The second kappa shape index (κ2) is 9.20. The van der Waals surface area contributed by atoms with E-state index in [0.29, 0.717) is 38.0 Å². The molecule has 0 bridgehead atoms. The first-order valence-electron chi connectivity index (χ1n) is 10.8. The van der Waals surface area contributed by atoms with E-state index in [0.717, 1.165) is 23.4 Å². The monoisotopic (exact) mass is 454 g/mol. The number of thioether (sulfide) groups is 1. The van der Waals surface area contributed by atoms with Crippen LogP contribution in [0.1, 0.15) is 35.7 Å². The lowest BCUT2D eigenvalue weighted by Gasteiger charge is -2.44. The average Bonchev–Trinajstić information content (AvgIpc) is 3.22. The number of hydrogen-bond acceptors (Lipinski definition) is 5. The number of rotatable bonds is 4. The molecule has 8 nitrogen and oxygen atoms in total. The summed E-state index contributed by atoms with van der Waals surface area (Å²) in [5.74, 6) is 0.731. The molecule has 3 amide bonds. The second-order valence-electron chi connectivity index (χ2n) is 7.98. The van der Waals surface area contributed by atoms with Crippen molar-refractivity contribution in [2.24, 2.45) is 0 Å². The molecule has 0 saturated carbocycles. The summed E-state index contributed by atoms with van der Waals surface area (Å²) in [6, 6.07) is 13.5. The summed E-state index contributed by atoms with van der Waals surface area (Å²) in [4.78, 5) is 39.8. The number of likely N-dealkylation sites (tertiary alicyclic amines) is 1. The van der Waals surface area contributed by atoms with Crippen LogP contribution in [0.25, 0.3) is 0 Å². The zero-order valence-corrected chi connectivity index (χ0v) is 18.8. The van der Waals surface area contributed by atoms with Crippen molar-refractivity contribution < 1.29 is 14.5 Å². The Morgan fingerprint density at radius 3 is 2.44 bits per heavy atom. The van der Waals surface area contributed by atoms with Crippen molar-refractivity contribution in [3.63, 3.8) is 0 Å². The highest BCUT2D eigenvalue weighted by Gasteiger charge is 2.47. The third kappa shape index (κ3) is 4.29. The minimum absolute atomic E-state index is 0.0315. The number of piperidine rings is 1. The van der Waals surface area contributed by atoms with Crippen LogP contribution in [0, 0.1) is 10.1 Å². The largest absolute Gasteiger partial charge is 0.324 e. The van der Waals surface area contributed by atoms with E-state index in [9.17, 15) is 19.7 Å². The molecule has 1 N–H and O–H groups in total. The number of non-ortho nitro benzene ring substituents is 1. The first kappa shape index (κ1) is 22.1. The van der Waals surface area contributed by atoms with E-state index in [1.807, 2.05) is 34.1 Å². The number of para-hydroxylation sites is 1. The van der Waals surface area contributed by atoms with Gasteiger partial charge in [-0.25, -0.2) is 4.79 Å². The SMILES string of the molecule is CCc1ccccc1NC(=O)N1CCC2(CC1)SCCN2C(=O)c1ccc([N+](=O)[O-])cc1. The highest BCUT2D eigenvalue weighted by Crippen LogP contribution is 2.44. The Kier molecular flexibility index (Phi) is 6.36. The Hall–Kier alpha value is -3.07. The second-order valence-corrected chi connectivity index (χ2v) is 9.44. The molecule has 2 saturated heterocycles. The van der Waals surface area contributed by atoms with Gasteiger partial charge in [-0.3, -0.25) is 14.9 Å². The van der Waals surface area contributed by atoms with Crippen LogP contribution in [-0.2, 0) is 6.42 Å². The lowest BCUT2D eigenvalue weighted by Crippen LogP contribution is -2.54. The zero-order chi connectivity index (χ0) is 22.7. The minimum Gasteiger partial charge on any atom is -0.324 e. The number of benzene rings is 2. The number of nitro groups is 1. The maximum absolute atomic E-state index is 13.2. The highest BCUT2D eigenvalue weighted by molar-refractivity contribution is 8.00. The number of anilines is 1. The third-order valence-electron chi connectivity index (χ3n) is 6.22. The number of carbonyl (C=O) groups is 2. The summed E-state index contributed by atoms with van der Waals surface area (Å²) < 4.78 is 0. The number of nitro benzene ring substituents is 1. The standard InChI is InChI=1S/C23H26N4O4S/c1-2-17-5-3-4-6-20(17)24-22(29)25-13-11-23(12-14-25)26(15-16-32-23)21(28)18-7-9-19(10-8-18)27(30)31/h3-10H,2,11-16H2,1H3,(H,24,29). The predicted molar refractivity (Wildman–Crippen MR) is 125 cm³/mol. The molecule has 2 aromatic carbocycles. The summed E-state index contributed by atoms with van der Waals surface area (Å²) in [6.07, 6.45) is 2.23. The molecule has 0 aliphatic carbocycles. The molecule has 2 heterocycles. The van der Waals surface area contributed by atoms with Crippen LogP contribution in [0.2, 0.25) is 0 Å². The lowest BCUT2D eigenvalue weighted by atomic mass is 10.0. The summed E-state index contributed by atoms with van der Waals surface area (Å²) >= 11 is 1.77. The third-order valence-corrected chi connectivity index (χ3v) is 7.77. The van der Waals surface area contributed by atoms with Crippen molar-refractivity contribution in [2.45, 2.75) is 31.1 Å². The van der Waals surface area contributed by atoms with Crippen LogP contribution in [0.4, 0.5) is 16.2 Å². The van der Waals surface area contributed by atoms with Gasteiger partial charge >= 0.3 is 6.03 Å². The Balaban J connectivity index is 1.41. The van der Waals surface area contributed by atoms with Gasteiger partial charge in [0.2, 0.25) is 0 Å². The van der Waals surface area contributed by atoms with Gasteiger partial charge in [0.1, 0.15) is 0 Å². The maximum Gasteiger partial charge on any atom is 0.321 e. The van der Waals surface area contributed by atoms with Crippen LogP contribution >= 0.6 is 11.8 Å². The van der Waals surface area contributed by atoms with E-state index in [2.05, 4.69) is 12.2 Å². The molecular weight excluding hydrogens is 428 g/mol. The number of hydrogen-bond donors (Lipinski definition) is 1. The van der Waals surface area contributed by atoms with E-state index in [-0.39, 0.29) is 22.5 Å². The molecule has 2 aliphatic rings. The van der Waals surface area contributed by atoms with Crippen LogP contribution in [-0.4, -0.2) is 56.9 Å². The van der Waals surface area contributed by atoms with Crippen molar-refractivity contribution in [3.05, 3.63) is 69.8 Å². The quantitative estimate of drug-likeness (QED) is 0.547. The molecule has 1 spiro atoms. The molecule has 0 aromatic heterocycles. The fourth-order valence-corrected chi connectivity index (χ4v) is 5.85. The van der Waals surface area contributed by atoms with Crippen LogP contribution in [0.5, 0.6) is 0 Å². The van der Waals surface area contributed by atoms with Crippen LogP contribution in [0.15, 0.2) is 48.5 Å². The Morgan fingerprint density at radius 2 is 1.78 bits per heavy atom. The zero-order valence-electron chi connectivity index (χ0n) is 18.0. The Morgan fingerprint density at radius 1 is 1.09 bits per heavy atom. The first-order chi connectivity index (χ1) is 15.4. The van der Waals surface area contributed by atoms with Gasteiger partial charge in [0.15, 0.2) is 0 Å². The smallest absolute Gasteiger partial charge is 0.321 e. The van der Waals surface area contributed by atoms with E-state index < -0.39 is 4.92 Å².